The van der Waals surface area contributed by atoms with Gasteiger partial charge in [-0.05, 0) is 18.6 Å². The van der Waals surface area contributed by atoms with Gasteiger partial charge in [0, 0.05) is 45.3 Å². The Hall–Kier alpha value is -1.35. The van der Waals surface area contributed by atoms with Gasteiger partial charge in [0.2, 0.25) is 16.8 Å². The van der Waals surface area contributed by atoms with E-state index in [1.807, 2.05) is 0 Å². The van der Waals surface area contributed by atoms with Crippen molar-refractivity contribution in [2.45, 2.75) is 11.8 Å². The molecule has 0 unspecified atom stereocenters. The zero-order chi connectivity index (χ0) is 15.6. The molecule has 7 nitrogen and oxygen atoms in total. The van der Waals surface area contributed by atoms with Crippen molar-refractivity contribution in [3.63, 3.8) is 0 Å². The molecule has 0 saturated carbocycles. The van der Waals surface area contributed by atoms with Crippen molar-refractivity contribution in [1.29, 1.82) is 0 Å². The van der Waals surface area contributed by atoms with Gasteiger partial charge in [-0.25, -0.2) is 13.1 Å². The number of nitrogens with zero attached hydrogens (tertiary/aromatic N) is 1. The number of fused-ring (bicyclic) bond motifs is 1. The van der Waals surface area contributed by atoms with Gasteiger partial charge in [0.15, 0.2) is 11.5 Å². The van der Waals surface area contributed by atoms with E-state index in [0.29, 0.717) is 30.2 Å². The maximum atomic E-state index is 12.5. The molecule has 0 aromatic heterocycles. The summed E-state index contributed by atoms with van der Waals surface area (Å²) in [5.74, 6) is 1.07. The van der Waals surface area contributed by atoms with E-state index in [1.54, 1.807) is 13.0 Å². The van der Waals surface area contributed by atoms with E-state index in [9.17, 15) is 8.42 Å². The summed E-state index contributed by atoms with van der Waals surface area (Å²) < 4.78 is 38.1. The summed E-state index contributed by atoms with van der Waals surface area (Å²) >= 11 is 0. The number of hydrogen-bond acceptors (Lipinski definition) is 6. The molecule has 0 aliphatic carbocycles. The van der Waals surface area contributed by atoms with Crippen LogP contribution in [0, 0.1) is 6.92 Å². The third-order valence-corrected chi connectivity index (χ3v) is 5.49. The summed E-state index contributed by atoms with van der Waals surface area (Å²) in [4.78, 5) is 2.49. The molecule has 1 fully saturated rings. The summed E-state index contributed by atoms with van der Waals surface area (Å²) in [7, 11) is -3.54. The average Bonchev–Trinajstić information content (AvgIpc) is 2.94. The summed E-state index contributed by atoms with van der Waals surface area (Å²) in [5, 5.41) is 3.27. The quantitative estimate of drug-likeness (QED) is 0.787. The largest absolute Gasteiger partial charge is 0.454 e. The third kappa shape index (κ3) is 3.35. The van der Waals surface area contributed by atoms with Crippen LogP contribution in [0.25, 0.3) is 0 Å². The van der Waals surface area contributed by atoms with Crippen molar-refractivity contribution in [3.8, 4) is 11.5 Å². The molecule has 1 aromatic carbocycles. The monoisotopic (exact) mass is 327 g/mol. The van der Waals surface area contributed by atoms with Crippen molar-refractivity contribution in [1.82, 2.24) is 14.9 Å². The van der Waals surface area contributed by atoms with Crippen LogP contribution in [0.5, 0.6) is 11.5 Å². The molecule has 1 saturated heterocycles. The lowest BCUT2D eigenvalue weighted by Gasteiger charge is -2.27. The van der Waals surface area contributed by atoms with Gasteiger partial charge in [-0.2, -0.15) is 0 Å². The highest BCUT2D eigenvalue weighted by molar-refractivity contribution is 7.89. The minimum absolute atomic E-state index is 0.134. The van der Waals surface area contributed by atoms with Crippen molar-refractivity contribution in [3.05, 3.63) is 17.7 Å². The van der Waals surface area contributed by atoms with E-state index < -0.39 is 10.0 Å². The van der Waals surface area contributed by atoms with Crippen LogP contribution in [0.2, 0.25) is 0 Å². The van der Waals surface area contributed by atoms with Crippen LogP contribution in [0.4, 0.5) is 0 Å². The Bertz CT molecular complexity index is 642. The normalized spacial score (nSPS) is 18.6. The van der Waals surface area contributed by atoms with Gasteiger partial charge in [0.1, 0.15) is 0 Å². The second-order valence-electron chi connectivity index (χ2n) is 5.46. The van der Waals surface area contributed by atoms with Gasteiger partial charge < -0.3 is 14.8 Å². The molecule has 2 N–H and O–H groups in total. The van der Waals surface area contributed by atoms with E-state index >= 15 is 0 Å². The highest BCUT2D eigenvalue weighted by Crippen LogP contribution is 2.36. The fraction of sp³-hybridized carbons (Fsp3) is 0.571. The first-order valence-corrected chi connectivity index (χ1v) is 8.87. The lowest BCUT2D eigenvalue weighted by atomic mass is 10.2. The first kappa shape index (κ1) is 15.5. The highest BCUT2D eigenvalue weighted by Gasteiger charge is 2.23. The number of hydrogen-bond donors (Lipinski definition) is 2. The van der Waals surface area contributed by atoms with E-state index in [2.05, 4.69) is 14.9 Å². The number of rotatable bonds is 5. The molecular formula is C14H21N3O4S. The van der Waals surface area contributed by atoms with Crippen LogP contribution in [-0.4, -0.2) is 59.4 Å². The zero-order valence-electron chi connectivity index (χ0n) is 12.6. The second-order valence-corrected chi connectivity index (χ2v) is 7.20. The van der Waals surface area contributed by atoms with Crippen molar-refractivity contribution in [2.75, 3.05) is 46.1 Å². The smallest absolute Gasteiger partial charge is 0.241 e. The molecule has 2 aliphatic heterocycles. The van der Waals surface area contributed by atoms with Crippen LogP contribution >= 0.6 is 0 Å². The first-order chi connectivity index (χ1) is 10.6. The van der Waals surface area contributed by atoms with E-state index in [1.165, 1.54) is 6.07 Å². The second kappa shape index (κ2) is 6.41. The molecule has 0 radical (unpaired) electrons. The highest BCUT2D eigenvalue weighted by atomic mass is 32.2. The Balaban J connectivity index is 1.65. The molecule has 122 valence electrons. The molecule has 2 heterocycles. The van der Waals surface area contributed by atoms with Gasteiger partial charge in [-0.15, -0.1) is 0 Å². The van der Waals surface area contributed by atoms with Crippen LogP contribution in [-0.2, 0) is 10.0 Å². The van der Waals surface area contributed by atoms with E-state index in [-0.39, 0.29) is 11.7 Å². The number of sulfonamides is 1. The van der Waals surface area contributed by atoms with E-state index in [0.717, 1.165) is 26.2 Å². The van der Waals surface area contributed by atoms with Gasteiger partial charge in [0.05, 0.1) is 4.90 Å². The topological polar surface area (TPSA) is 79.9 Å². The Morgan fingerprint density at radius 2 is 1.91 bits per heavy atom. The maximum absolute atomic E-state index is 12.5. The fourth-order valence-corrected chi connectivity index (χ4v) is 3.93. The molecule has 0 bridgehead atoms. The predicted octanol–water partition coefficient (Wildman–Crippen LogP) is -0.0928. The SMILES string of the molecule is Cc1cc2c(cc1S(=O)(=O)NCCN1CCNCC1)OCO2. The van der Waals surface area contributed by atoms with Crippen LogP contribution in [0.3, 0.4) is 0 Å². The number of nitrogens with one attached hydrogen (secondary N) is 2. The lowest BCUT2D eigenvalue weighted by molar-refractivity contribution is 0.174. The number of benzene rings is 1. The minimum Gasteiger partial charge on any atom is -0.454 e. The average molecular weight is 327 g/mol. The van der Waals surface area contributed by atoms with Gasteiger partial charge in [-0.1, -0.05) is 0 Å². The maximum Gasteiger partial charge on any atom is 0.241 e. The molecule has 2 aliphatic rings. The number of piperazine rings is 1. The molecular weight excluding hydrogens is 306 g/mol. The van der Waals surface area contributed by atoms with Crippen LogP contribution in [0.15, 0.2) is 17.0 Å². The Labute approximate surface area is 130 Å². The number of aryl methyl sites for hydroxylation is 1. The lowest BCUT2D eigenvalue weighted by Crippen LogP contribution is -2.46. The predicted molar refractivity (Wildman–Crippen MR) is 81.8 cm³/mol. The number of ether oxygens (including phenoxy) is 2. The van der Waals surface area contributed by atoms with Gasteiger partial charge >= 0.3 is 0 Å². The summed E-state index contributed by atoms with van der Waals surface area (Å²) in [6.45, 7) is 6.81. The Kier molecular flexibility index (Phi) is 4.53. The molecule has 1 aromatic rings. The molecule has 22 heavy (non-hydrogen) atoms. The summed E-state index contributed by atoms with van der Waals surface area (Å²) in [6.07, 6.45) is 0. The molecule has 0 amide bonds. The van der Waals surface area contributed by atoms with Gasteiger partial charge in [-0.3, -0.25) is 4.90 Å². The summed E-state index contributed by atoms with van der Waals surface area (Å²) in [5.41, 5.74) is 0.652. The van der Waals surface area contributed by atoms with Crippen molar-refractivity contribution < 1.29 is 17.9 Å². The molecule has 3 rings (SSSR count). The fourth-order valence-electron chi connectivity index (χ4n) is 2.67. The van der Waals surface area contributed by atoms with Gasteiger partial charge in [0.25, 0.3) is 0 Å². The third-order valence-electron chi connectivity index (χ3n) is 3.89. The Morgan fingerprint density at radius 3 is 2.64 bits per heavy atom. The summed E-state index contributed by atoms with van der Waals surface area (Å²) in [6, 6.07) is 3.23. The molecule has 8 heteroatoms. The minimum atomic E-state index is -3.54. The Morgan fingerprint density at radius 1 is 1.23 bits per heavy atom. The zero-order valence-corrected chi connectivity index (χ0v) is 13.4. The van der Waals surface area contributed by atoms with Crippen molar-refractivity contribution >= 4 is 10.0 Å². The van der Waals surface area contributed by atoms with Crippen LogP contribution < -0.4 is 19.5 Å². The van der Waals surface area contributed by atoms with Crippen molar-refractivity contribution in [2.24, 2.45) is 0 Å². The first-order valence-electron chi connectivity index (χ1n) is 7.39. The van der Waals surface area contributed by atoms with E-state index in [4.69, 9.17) is 9.47 Å². The molecule has 0 spiro atoms. The molecule has 0 atom stereocenters. The van der Waals surface area contributed by atoms with Crippen LogP contribution in [0.1, 0.15) is 5.56 Å². The standard InChI is InChI=1S/C14H21N3O4S/c1-11-8-12-13(21-10-20-12)9-14(11)22(18,19)16-4-7-17-5-2-15-3-6-17/h8-9,15-16H,2-7,10H2,1H3.